The lowest BCUT2D eigenvalue weighted by atomic mass is 10.1. The zero-order valence-electron chi connectivity index (χ0n) is 15.8. The van der Waals surface area contributed by atoms with E-state index in [1.165, 1.54) is 0 Å². The van der Waals surface area contributed by atoms with E-state index in [9.17, 15) is 4.79 Å². The number of nitrogens with one attached hydrogen (secondary N) is 1. The summed E-state index contributed by atoms with van der Waals surface area (Å²) in [5, 5.41) is 4.17. The van der Waals surface area contributed by atoms with Gasteiger partial charge in [-0.2, -0.15) is 0 Å². The number of esters is 1. The molecule has 0 radical (unpaired) electrons. The molecule has 6 nitrogen and oxygen atoms in total. The Morgan fingerprint density at radius 2 is 1.89 bits per heavy atom. The average Bonchev–Trinajstić information content (AvgIpc) is 2.68. The van der Waals surface area contributed by atoms with Crippen LogP contribution in [-0.2, 0) is 4.74 Å². The van der Waals surface area contributed by atoms with Crippen LogP contribution in [0.4, 0.5) is 11.4 Å². The largest absolute Gasteiger partial charge is 0.493 e. The first-order chi connectivity index (χ1) is 13.1. The molecule has 0 aliphatic rings. The molecule has 3 rings (SSSR count). The van der Waals surface area contributed by atoms with Crippen molar-refractivity contribution in [3.05, 3.63) is 53.7 Å². The van der Waals surface area contributed by atoms with E-state index in [0.29, 0.717) is 29.4 Å². The number of methoxy groups -OCH3 is 2. The van der Waals surface area contributed by atoms with Crippen LogP contribution in [0.25, 0.3) is 10.9 Å². The van der Waals surface area contributed by atoms with E-state index < -0.39 is 5.97 Å². The van der Waals surface area contributed by atoms with E-state index in [2.05, 4.69) is 10.3 Å². The minimum Gasteiger partial charge on any atom is -0.493 e. The van der Waals surface area contributed by atoms with Gasteiger partial charge in [-0.15, -0.1) is 0 Å². The number of hydrogen-bond donors (Lipinski definition) is 1. The van der Waals surface area contributed by atoms with Crippen LogP contribution in [0, 0.1) is 6.92 Å². The summed E-state index contributed by atoms with van der Waals surface area (Å²) in [4.78, 5) is 16.9. The molecule has 0 spiro atoms. The van der Waals surface area contributed by atoms with Gasteiger partial charge in [0.2, 0.25) is 0 Å². The number of anilines is 2. The van der Waals surface area contributed by atoms with Crippen LogP contribution in [0.2, 0.25) is 0 Å². The predicted molar refractivity (Wildman–Crippen MR) is 105 cm³/mol. The molecule has 140 valence electrons. The van der Waals surface area contributed by atoms with Gasteiger partial charge < -0.3 is 19.5 Å². The number of para-hydroxylation sites is 1. The van der Waals surface area contributed by atoms with Gasteiger partial charge in [0.05, 0.1) is 32.0 Å². The molecule has 27 heavy (non-hydrogen) atoms. The van der Waals surface area contributed by atoms with Gasteiger partial charge in [-0.3, -0.25) is 4.98 Å². The molecule has 6 heteroatoms. The zero-order valence-corrected chi connectivity index (χ0v) is 15.8. The highest BCUT2D eigenvalue weighted by Crippen LogP contribution is 2.35. The summed E-state index contributed by atoms with van der Waals surface area (Å²) in [7, 11) is 3.17. The maximum atomic E-state index is 12.5. The first-order valence-electron chi connectivity index (χ1n) is 8.63. The van der Waals surface area contributed by atoms with Crippen molar-refractivity contribution in [1.82, 2.24) is 4.98 Å². The van der Waals surface area contributed by atoms with E-state index in [0.717, 1.165) is 22.2 Å². The number of nitrogens with zero attached hydrogens (tertiary/aromatic N) is 1. The molecule has 1 N–H and O–H groups in total. The van der Waals surface area contributed by atoms with Gasteiger partial charge in [0.25, 0.3) is 0 Å². The monoisotopic (exact) mass is 366 g/mol. The van der Waals surface area contributed by atoms with E-state index in [1.54, 1.807) is 33.4 Å². The smallest absolute Gasteiger partial charge is 0.341 e. The highest BCUT2D eigenvalue weighted by atomic mass is 16.5. The van der Waals surface area contributed by atoms with Crippen LogP contribution in [-0.4, -0.2) is 31.8 Å². The second-order valence-corrected chi connectivity index (χ2v) is 5.93. The van der Waals surface area contributed by atoms with Crippen molar-refractivity contribution in [2.24, 2.45) is 0 Å². The Bertz CT molecular complexity index is 985. The highest BCUT2D eigenvalue weighted by Gasteiger charge is 2.18. The Balaban J connectivity index is 2.14. The summed E-state index contributed by atoms with van der Waals surface area (Å²) in [5.41, 5.74) is 3.64. The number of hydrogen-bond acceptors (Lipinski definition) is 6. The standard InChI is InChI=1S/C21H22N2O4/c1-5-27-21(24)16-12-22-19-13(2)7-6-8-15(19)20(16)23-14-9-10-17(25-3)18(11-14)26-4/h6-12H,5H2,1-4H3,(H,22,23). The Kier molecular flexibility index (Phi) is 5.45. The molecule has 0 fully saturated rings. The number of fused-ring (bicyclic) bond motifs is 1. The molecule has 0 atom stereocenters. The van der Waals surface area contributed by atoms with Crippen molar-refractivity contribution in [2.45, 2.75) is 13.8 Å². The van der Waals surface area contributed by atoms with Gasteiger partial charge in [-0.25, -0.2) is 4.79 Å². The van der Waals surface area contributed by atoms with Gasteiger partial charge in [-0.1, -0.05) is 18.2 Å². The summed E-state index contributed by atoms with van der Waals surface area (Å²) in [6, 6.07) is 11.3. The fourth-order valence-corrected chi connectivity index (χ4v) is 2.93. The first kappa shape index (κ1) is 18.5. The third kappa shape index (κ3) is 3.65. The minimum atomic E-state index is -0.420. The van der Waals surface area contributed by atoms with Gasteiger partial charge in [0.15, 0.2) is 11.5 Å². The fraction of sp³-hybridized carbons (Fsp3) is 0.238. The number of ether oxygens (including phenoxy) is 3. The molecular weight excluding hydrogens is 344 g/mol. The van der Waals surface area contributed by atoms with E-state index in [1.807, 2.05) is 37.3 Å². The van der Waals surface area contributed by atoms with Gasteiger partial charge in [0, 0.05) is 23.3 Å². The van der Waals surface area contributed by atoms with Crippen molar-refractivity contribution in [3.63, 3.8) is 0 Å². The van der Waals surface area contributed by atoms with Crippen LogP contribution in [0.3, 0.4) is 0 Å². The number of carbonyl (C=O) groups excluding carboxylic acids is 1. The summed E-state index contributed by atoms with van der Waals surface area (Å²) in [5.74, 6) is 0.801. The molecule has 0 aliphatic heterocycles. The lowest BCUT2D eigenvalue weighted by Crippen LogP contribution is -2.09. The van der Waals surface area contributed by atoms with Crippen molar-refractivity contribution in [3.8, 4) is 11.5 Å². The summed E-state index contributed by atoms with van der Waals surface area (Å²) < 4.78 is 15.9. The molecule has 0 saturated heterocycles. The number of carbonyl (C=O) groups is 1. The second kappa shape index (κ2) is 7.95. The fourth-order valence-electron chi connectivity index (χ4n) is 2.93. The third-order valence-electron chi connectivity index (χ3n) is 4.25. The average molecular weight is 366 g/mol. The van der Waals surface area contributed by atoms with Crippen molar-refractivity contribution in [1.29, 1.82) is 0 Å². The lowest BCUT2D eigenvalue weighted by Gasteiger charge is -2.16. The SMILES string of the molecule is CCOC(=O)c1cnc2c(C)cccc2c1Nc1ccc(OC)c(OC)c1. The molecule has 1 heterocycles. The highest BCUT2D eigenvalue weighted by molar-refractivity contribution is 6.06. The zero-order chi connectivity index (χ0) is 19.4. The second-order valence-electron chi connectivity index (χ2n) is 5.93. The van der Waals surface area contributed by atoms with E-state index in [-0.39, 0.29) is 0 Å². The number of benzene rings is 2. The van der Waals surface area contributed by atoms with Gasteiger partial charge in [-0.05, 0) is 31.5 Å². The van der Waals surface area contributed by atoms with Crippen molar-refractivity contribution < 1.29 is 19.0 Å². The molecule has 1 aromatic heterocycles. The predicted octanol–water partition coefficient (Wildman–Crippen LogP) is 4.48. The molecular formula is C21H22N2O4. The molecule has 3 aromatic rings. The van der Waals surface area contributed by atoms with Gasteiger partial charge in [0.1, 0.15) is 5.56 Å². The maximum absolute atomic E-state index is 12.5. The molecule has 0 saturated carbocycles. The number of pyridine rings is 1. The molecule has 0 aliphatic carbocycles. The quantitative estimate of drug-likeness (QED) is 0.649. The topological polar surface area (TPSA) is 69.7 Å². The first-order valence-corrected chi connectivity index (χ1v) is 8.63. The Labute approximate surface area is 158 Å². The van der Waals surface area contributed by atoms with Gasteiger partial charge >= 0.3 is 5.97 Å². The summed E-state index contributed by atoms with van der Waals surface area (Å²) in [6.07, 6.45) is 1.55. The maximum Gasteiger partial charge on any atom is 0.341 e. The van der Waals surface area contributed by atoms with Crippen molar-refractivity contribution in [2.75, 3.05) is 26.1 Å². The van der Waals surface area contributed by atoms with Crippen LogP contribution < -0.4 is 14.8 Å². The Hall–Kier alpha value is -3.28. The minimum absolute atomic E-state index is 0.292. The Morgan fingerprint density at radius 3 is 2.59 bits per heavy atom. The van der Waals surface area contributed by atoms with E-state index in [4.69, 9.17) is 14.2 Å². The van der Waals surface area contributed by atoms with Crippen LogP contribution >= 0.6 is 0 Å². The van der Waals surface area contributed by atoms with Crippen molar-refractivity contribution >= 4 is 28.2 Å². The third-order valence-corrected chi connectivity index (χ3v) is 4.25. The van der Waals surface area contributed by atoms with Crippen LogP contribution in [0.5, 0.6) is 11.5 Å². The number of aromatic nitrogens is 1. The summed E-state index contributed by atoms with van der Waals surface area (Å²) in [6.45, 7) is 4.05. The molecule has 0 unspecified atom stereocenters. The lowest BCUT2D eigenvalue weighted by molar-refractivity contribution is 0.0527. The molecule has 2 aromatic carbocycles. The molecule has 0 amide bonds. The van der Waals surface area contributed by atoms with E-state index >= 15 is 0 Å². The summed E-state index contributed by atoms with van der Waals surface area (Å²) >= 11 is 0. The number of rotatable bonds is 6. The van der Waals surface area contributed by atoms with Crippen LogP contribution in [0.15, 0.2) is 42.6 Å². The normalized spacial score (nSPS) is 10.5. The Morgan fingerprint density at radius 1 is 1.11 bits per heavy atom. The molecule has 0 bridgehead atoms. The van der Waals surface area contributed by atoms with Crippen LogP contribution in [0.1, 0.15) is 22.8 Å². The number of aryl methyl sites for hydroxylation is 1.